The van der Waals surface area contributed by atoms with Crippen LogP contribution in [0, 0.1) is 5.92 Å². The molecule has 5 nitrogen and oxygen atoms in total. The fourth-order valence-electron chi connectivity index (χ4n) is 2.66. The fourth-order valence-corrected chi connectivity index (χ4v) is 3.73. The predicted molar refractivity (Wildman–Crippen MR) is 82.1 cm³/mol. The van der Waals surface area contributed by atoms with Gasteiger partial charge in [0.1, 0.15) is 0 Å². The molecule has 0 amide bonds. The zero-order chi connectivity index (χ0) is 14.8. The Morgan fingerprint density at radius 3 is 2.70 bits per heavy atom. The molecule has 0 aliphatic heterocycles. The second-order valence-corrected chi connectivity index (χ2v) is 7.18. The molecule has 20 heavy (non-hydrogen) atoms. The van der Waals surface area contributed by atoms with Gasteiger partial charge in [-0.3, -0.25) is 0 Å². The minimum absolute atomic E-state index is 0.252. The Labute approximate surface area is 121 Å². The summed E-state index contributed by atoms with van der Waals surface area (Å²) in [4.78, 5) is 0.252. The largest absolute Gasteiger partial charge is 0.397 e. The molecule has 1 saturated carbocycles. The summed E-state index contributed by atoms with van der Waals surface area (Å²) < 4.78 is 26.5. The van der Waals surface area contributed by atoms with Crippen LogP contribution in [0.3, 0.4) is 0 Å². The fraction of sp³-hybridized carbons (Fsp3) is 0.571. The number of nitrogen functional groups attached to an aromatic ring is 1. The zero-order valence-electron chi connectivity index (χ0n) is 12.0. The number of nitrogens with two attached hydrogens (primary N) is 1. The average molecular weight is 297 g/mol. The third-order valence-corrected chi connectivity index (χ3v) is 5.42. The number of hydrogen-bond donors (Lipinski definition) is 3. The van der Waals surface area contributed by atoms with Crippen molar-refractivity contribution in [3.05, 3.63) is 18.2 Å². The van der Waals surface area contributed by atoms with Gasteiger partial charge in [0.05, 0.1) is 16.3 Å². The van der Waals surface area contributed by atoms with Crippen LogP contribution in [0.5, 0.6) is 0 Å². The third-order valence-electron chi connectivity index (χ3n) is 3.87. The quantitative estimate of drug-likeness (QED) is 0.727. The lowest BCUT2D eigenvalue weighted by Gasteiger charge is -2.20. The van der Waals surface area contributed by atoms with E-state index < -0.39 is 10.0 Å². The maximum absolute atomic E-state index is 12.0. The Hall–Kier alpha value is -1.27. The number of rotatable bonds is 5. The molecule has 0 heterocycles. The summed E-state index contributed by atoms with van der Waals surface area (Å²) >= 11 is 0. The van der Waals surface area contributed by atoms with E-state index in [0.717, 1.165) is 6.42 Å². The van der Waals surface area contributed by atoms with Crippen molar-refractivity contribution in [3.8, 4) is 0 Å². The van der Waals surface area contributed by atoms with E-state index in [2.05, 4.69) is 17.0 Å². The van der Waals surface area contributed by atoms with Gasteiger partial charge in [-0.2, -0.15) is 0 Å². The number of anilines is 2. The van der Waals surface area contributed by atoms with Crippen molar-refractivity contribution in [1.29, 1.82) is 0 Å². The molecular weight excluding hydrogens is 274 g/mol. The average Bonchev–Trinajstić information content (AvgIpc) is 2.77. The molecule has 1 aliphatic carbocycles. The van der Waals surface area contributed by atoms with Crippen molar-refractivity contribution >= 4 is 21.4 Å². The molecule has 1 aliphatic rings. The van der Waals surface area contributed by atoms with Crippen molar-refractivity contribution in [2.75, 3.05) is 17.6 Å². The van der Waals surface area contributed by atoms with E-state index in [1.54, 1.807) is 19.1 Å². The van der Waals surface area contributed by atoms with Crippen LogP contribution >= 0.6 is 0 Å². The van der Waals surface area contributed by atoms with E-state index in [0.29, 0.717) is 29.9 Å². The van der Waals surface area contributed by atoms with Gasteiger partial charge in [0, 0.05) is 12.6 Å². The molecule has 2 unspecified atom stereocenters. The van der Waals surface area contributed by atoms with Crippen molar-refractivity contribution in [3.63, 3.8) is 0 Å². The molecule has 0 spiro atoms. The Kier molecular flexibility index (Phi) is 4.55. The first-order chi connectivity index (χ1) is 9.44. The summed E-state index contributed by atoms with van der Waals surface area (Å²) in [6, 6.07) is 5.18. The number of benzene rings is 1. The summed E-state index contributed by atoms with van der Waals surface area (Å²) in [6.45, 7) is 4.34. The summed E-state index contributed by atoms with van der Waals surface area (Å²) in [7, 11) is -3.44. The van der Waals surface area contributed by atoms with Crippen molar-refractivity contribution < 1.29 is 8.42 Å². The van der Waals surface area contributed by atoms with Gasteiger partial charge in [0.25, 0.3) is 0 Å². The Morgan fingerprint density at radius 1 is 1.35 bits per heavy atom. The molecule has 0 radical (unpaired) electrons. The second-order valence-electron chi connectivity index (χ2n) is 5.41. The van der Waals surface area contributed by atoms with Crippen molar-refractivity contribution in [2.45, 2.75) is 44.0 Å². The highest BCUT2D eigenvalue weighted by atomic mass is 32.2. The molecule has 0 bridgehead atoms. The monoisotopic (exact) mass is 297 g/mol. The summed E-state index contributed by atoms with van der Waals surface area (Å²) in [5.41, 5.74) is 7.25. The minimum atomic E-state index is -3.44. The van der Waals surface area contributed by atoms with Crippen LogP contribution in [0.25, 0.3) is 0 Å². The number of nitrogens with one attached hydrogen (secondary N) is 2. The minimum Gasteiger partial charge on any atom is -0.397 e. The Morgan fingerprint density at radius 2 is 2.10 bits per heavy atom. The van der Waals surface area contributed by atoms with Crippen LogP contribution in [0.15, 0.2) is 23.1 Å². The summed E-state index contributed by atoms with van der Waals surface area (Å²) in [6.07, 6.45) is 3.51. The van der Waals surface area contributed by atoms with Gasteiger partial charge in [-0.25, -0.2) is 13.1 Å². The molecule has 2 rings (SSSR count). The van der Waals surface area contributed by atoms with E-state index in [9.17, 15) is 8.42 Å². The first-order valence-corrected chi connectivity index (χ1v) is 8.58. The molecule has 4 N–H and O–H groups in total. The Bertz CT molecular complexity index is 572. The van der Waals surface area contributed by atoms with Crippen LogP contribution in [-0.2, 0) is 10.0 Å². The van der Waals surface area contributed by atoms with Crippen LogP contribution in [0.4, 0.5) is 11.4 Å². The second kappa shape index (κ2) is 6.01. The smallest absolute Gasteiger partial charge is 0.240 e. The van der Waals surface area contributed by atoms with Crippen LogP contribution in [0.2, 0.25) is 0 Å². The molecular formula is C14H23N3O2S. The van der Waals surface area contributed by atoms with E-state index in [4.69, 9.17) is 5.73 Å². The van der Waals surface area contributed by atoms with E-state index in [-0.39, 0.29) is 4.90 Å². The first-order valence-electron chi connectivity index (χ1n) is 7.09. The molecule has 0 aromatic heterocycles. The first kappa shape index (κ1) is 15.1. The topological polar surface area (TPSA) is 84.2 Å². The van der Waals surface area contributed by atoms with Crippen LogP contribution < -0.4 is 15.8 Å². The van der Waals surface area contributed by atoms with Gasteiger partial charge >= 0.3 is 0 Å². The molecule has 112 valence electrons. The summed E-state index contributed by atoms with van der Waals surface area (Å²) in [5.74, 6) is 0.587. The van der Waals surface area contributed by atoms with Crippen molar-refractivity contribution in [1.82, 2.24) is 4.72 Å². The van der Waals surface area contributed by atoms with Crippen LogP contribution in [-0.4, -0.2) is 21.0 Å². The maximum Gasteiger partial charge on any atom is 0.240 e. The highest BCUT2D eigenvalue weighted by molar-refractivity contribution is 7.89. The molecule has 1 aromatic rings. The van der Waals surface area contributed by atoms with E-state index >= 15 is 0 Å². The molecule has 1 fully saturated rings. The zero-order valence-corrected chi connectivity index (χ0v) is 12.8. The third kappa shape index (κ3) is 3.24. The lowest BCUT2D eigenvalue weighted by molar-refractivity contribution is 0.556. The summed E-state index contributed by atoms with van der Waals surface area (Å²) in [5, 5.41) is 3.40. The molecule has 0 saturated heterocycles. The highest BCUT2D eigenvalue weighted by Gasteiger charge is 2.24. The van der Waals surface area contributed by atoms with Gasteiger partial charge in [-0.05, 0) is 37.0 Å². The highest BCUT2D eigenvalue weighted by Crippen LogP contribution is 2.31. The van der Waals surface area contributed by atoms with Gasteiger partial charge in [-0.15, -0.1) is 0 Å². The van der Waals surface area contributed by atoms with Gasteiger partial charge in [-0.1, -0.05) is 20.3 Å². The van der Waals surface area contributed by atoms with Crippen molar-refractivity contribution in [2.24, 2.45) is 5.92 Å². The maximum atomic E-state index is 12.0. The SMILES string of the molecule is CCNS(=O)(=O)c1ccc(N)c(NC2CCCC2C)c1. The Balaban J connectivity index is 2.25. The normalized spacial score (nSPS) is 22.9. The van der Waals surface area contributed by atoms with Gasteiger partial charge in [0.2, 0.25) is 10.0 Å². The van der Waals surface area contributed by atoms with E-state index in [1.165, 1.54) is 18.9 Å². The standard InChI is InChI=1S/C14H23N3O2S/c1-3-16-20(18,19)11-7-8-12(15)14(9-11)17-13-6-4-5-10(13)2/h7-10,13,16-17H,3-6,15H2,1-2H3. The molecule has 2 atom stereocenters. The van der Waals surface area contributed by atoms with Gasteiger partial charge < -0.3 is 11.1 Å². The predicted octanol–water partition coefficient (Wildman–Crippen LogP) is 2.17. The molecule has 1 aromatic carbocycles. The van der Waals surface area contributed by atoms with Gasteiger partial charge in [0.15, 0.2) is 0 Å². The van der Waals surface area contributed by atoms with Crippen LogP contribution in [0.1, 0.15) is 33.1 Å². The number of hydrogen-bond acceptors (Lipinski definition) is 4. The lowest BCUT2D eigenvalue weighted by Crippen LogP contribution is -2.25. The lowest BCUT2D eigenvalue weighted by atomic mass is 10.1. The molecule has 6 heteroatoms. The number of sulfonamides is 1. The van der Waals surface area contributed by atoms with E-state index in [1.807, 2.05) is 0 Å².